The summed E-state index contributed by atoms with van der Waals surface area (Å²) < 4.78 is 0. The Balaban J connectivity index is 3.96. The Labute approximate surface area is 185 Å². The Hall–Kier alpha value is -2.13. The molecule has 0 aliphatic heterocycles. The van der Waals surface area contributed by atoms with Crippen LogP contribution in [0.25, 0.3) is 0 Å². The van der Waals surface area contributed by atoms with Crippen molar-refractivity contribution in [3.8, 4) is 0 Å². The number of nitrogens with one attached hydrogen (secondary N) is 1. The van der Waals surface area contributed by atoms with Gasteiger partial charge in [0.15, 0.2) is 0 Å². The first-order valence-electron chi connectivity index (χ1n) is 11.6. The molecule has 0 saturated carbocycles. The molecule has 0 aromatic carbocycles. The van der Waals surface area contributed by atoms with Crippen molar-refractivity contribution >= 4 is 5.91 Å². The van der Waals surface area contributed by atoms with Crippen LogP contribution < -0.4 is 5.32 Å². The molecule has 0 aromatic rings. The molecule has 0 bridgehead atoms. The summed E-state index contributed by atoms with van der Waals surface area (Å²) in [6, 6.07) is 0. The van der Waals surface area contributed by atoms with Gasteiger partial charge in [-0.1, -0.05) is 113 Å². The lowest BCUT2D eigenvalue weighted by Crippen LogP contribution is -2.42. The first kappa shape index (κ1) is 27.9. The van der Waals surface area contributed by atoms with E-state index >= 15 is 0 Å². The number of carbonyl (C=O) groups excluding carboxylic acids is 1. The van der Waals surface area contributed by atoms with Crippen LogP contribution in [0, 0.1) is 0 Å². The zero-order valence-electron chi connectivity index (χ0n) is 19.4. The summed E-state index contributed by atoms with van der Waals surface area (Å²) in [7, 11) is 0. The zero-order chi connectivity index (χ0) is 22.3. The minimum atomic E-state index is -0.787. The van der Waals surface area contributed by atoms with Crippen molar-refractivity contribution in [1.29, 1.82) is 0 Å². The maximum absolute atomic E-state index is 11.9. The van der Waals surface area contributed by atoms with Gasteiger partial charge in [0.1, 0.15) is 0 Å². The molecule has 0 atom stereocenters. The first-order chi connectivity index (χ1) is 14.6. The Morgan fingerprint density at radius 3 is 1.77 bits per heavy atom. The van der Waals surface area contributed by atoms with Crippen LogP contribution in [0.4, 0.5) is 0 Å². The van der Waals surface area contributed by atoms with Gasteiger partial charge in [-0.05, 0) is 32.1 Å². The third-order valence-electron chi connectivity index (χ3n) is 4.57. The lowest BCUT2D eigenvalue weighted by Gasteiger charge is -2.27. The molecule has 0 saturated heterocycles. The average Bonchev–Trinajstić information content (AvgIpc) is 2.72. The van der Waals surface area contributed by atoms with Gasteiger partial charge in [-0.2, -0.15) is 0 Å². The number of carbonyl (C=O) groups is 1. The fourth-order valence-corrected chi connectivity index (χ4v) is 2.98. The summed E-state index contributed by atoms with van der Waals surface area (Å²) >= 11 is 0. The van der Waals surface area contributed by atoms with Crippen molar-refractivity contribution in [2.24, 2.45) is 0 Å². The molecule has 3 nitrogen and oxygen atoms in total. The SMILES string of the molecule is CCCCC=CC=CC=CC=CCCC=CC=CC(=O)NCC(O)(CCC)CCC. The van der Waals surface area contributed by atoms with Crippen LogP contribution in [0.1, 0.15) is 78.6 Å². The average molecular weight is 414 g/mol. The van der Waals surface area contributed by atoms with Gasteiger partial charge < -0.3 is 10.4 Å². The van der Waals surface area contributed by atoms with Crippen LogP contribution in [0.2, 0.25) is 0 Å². The molecule has 3 heteroatoms. The fraction of sp³-hybridized carbons (Fsp3) is 0.519. The molecular formula is C27H43NO2. The van der Waals surface area contributed by atoms with Crippen LogP contribution in [0.5, 0.6) is 0 Å². The van der Waals surface area contributed by atoms with E-state index in [-0.39, 0.29) is 5.91 Å². The minimum Gasteiger partial charge on any atom is -0.388 e. The van der Waals surface area contributed by atoms with Crippen LogP contribution >= 0.6 is 0 Å². The van der Waals surface area contributed by atoms with Gasteiger partial charge in [0.05, 0.1) is 5.60 Å². The summed E-state index contributed by atoms with van der Waals surface area (Å²) in [5, 5.41) is 13.3. The summed E-state index contributed by atoms with van der Waals surface area (Å²) in [6.07, 6.45) is 32.6. The van der Waals surface area contributed by atoms with E-state index in [9.17, 15) is 9.90 Å². The lowest BCUT2D eigenvalue weighted by molar-refractivity contribution is -0.117. The lowest BCUT2D eigenvalue weighted by atomic mass is 9.92. The Morgan fingerprint density at radius 1 is 0.733 bits per heavy atom. The van der Waals surface area contributed by atoms with Crippen molar-refractivity contribution in [2.75, 3.05) is 6.54 Å². The van der Waals surface area contributed by atoms with Crippen LogP contribution in [0.3, 0.4) is 0 Å². The van der Waals surface area contributed by atoms with Crippen molar-refractivity contribution < 1.29 is 9.90 Å². The topological polar surface area (TPSA) is 49.3 Å². The van der Waals surface area contributed by atoms with E-state index in [2.05, 4.69) is 42.6 Å². The standard InChI is InChI=1S/C27H43NO2/c1-4-7-8-9-10-11-12-13-14-15-16-17-18-19-20-21-22-26(29)28-25-27(30,23-5-2)24-6-3/h9-16,19-22,30H,4-8,17-18,23-25H2,1-3H3,(H,28,29). The maximum Gasteiger partial charge on any atom is 0.244 e. The summed E-state index contributed by atoms with van der Waals surface area (Å²) in [5.41, 5.74) is -0.787. The third kappa shape index (κ3) is 17.9. The normalized spacial score (nSPS) is 13.3. The van der Waals surface area contributed by atoms with Gasteiger partial charge in [0.2, 0.25) is 5.91 Å². The van der Waals surface area contributed by atoms with Gasteiger partial charge >= 0.3 is 0 Å². The third-order valence-corrected chi connectivity index (χ3v) is 4.57. The monoisotopic (exact) mass is 413 g/mol. The largest absolute Gasteiger partial charge is 0.388 e. The molecular weight excluding hydrogens is 370 g/mol. The van der Waals surface area contributed by atoms with Gasteiger partial charge in [0.25, 0.3) is 0 Å². The molecule has 0 radical (unpaired) electrons. The van der Waals surface area contributed by atoms with E-state index < -0.39 is 5.60 Å². The highest BCUT2D eigenvalue weighted by molar-refractivity contribution is 5.87. The van der Waals surface area contributed by atoms with Gasteiger partial charge in [-0.3, -0.25) is 4.79 Å². The van der Waals surface area contributed by atoms with E-state index in [1.807, 2.05) is 44.2 Å². The quantitative estimate of drug-likeness (QED) is 0.157. The van der Waals surface area contributed by atoms with Crippen LogP contribution in [-0.2, 0) is 4.79 Å². The van der Waals surface area contributed by atoms with Crippen LogP contribution in [-0.4, -0.2) is 23.2 Å². The van der Waals surface area contributed by atoms with E-state index in [1.165, 1.54) is 18.9 Å². The molecule has 0 fully saturated rings. The predicted octanol–water partition coefficient (Wildman–Crippen LogP) is 6.74. The number of rotatable bonds is 17. The van der Waals surface area contributed by atoms with Crippen molar-refractivity contribution in [2.45, 2.75) is 84.2 Å². The number of amides is 1. The van der Waals surface area contributed by atoms with Crippen LogP contribution in [0.15, 0.2) is 72.9 Å². The number of unbranched alkanes of at least 4 members (excludes halogenated alkanes) is 3. The Kier molecular flexibility index (Phi) is 18.7. The minimum absolute atomic E-state index is 0.163. The van der Waals surface area contributed by atoms with Crippen molar-refractivity contribution in [3.63, 3.8) is 0 Å². The smallest absolute Gasteiger partial charge is 0.244 e. The Bertz CT molecular complexity index is 588. The molecule has 0 rings (SSSR count). The highest BCUT2D eigenvalue weighted by Crippen LogP contribution is 2.18. The maximum atomic E-state index is 11.9. The molecule has 168 valence electrons. The number of aliphatic hydroxyl groups is 1. The van der Waals surface area contributed by atoms with E-state index in [4.69, 9.17) is 0 Å². The molecule has 0 spiro atoms. The number of allylic oxidation sites excluding steroid dienone is 11. The summed E-state index contributed by atoms with van der Waals surface area (Å²) in [6.45, 7) is 6.60. The molecule has 0 heterocycles. The van der Waals surface area contributed by atoms with Gasteiger partial charge in [-0.15, -0.1) is 0 Å². The van der Waals surface area contributed by atoms with E-state index in [0.717, 1.165) is 32.1 Å². The molecule has 0 aromatic heterocycles. The Morgan fingerprint density at radius 2 is 1.23 bits per heavy atom. The van der Waals surface area contributed by atoms with Gasteiger partial charge in [0, 0.05) is 12.6 Å². The fourth-order valence-electron chi connectivity index (χ4n) is 2.98. The molecule has 0 unspecified atom stereocenters. The highest BCUT2D eigenvalue weighted by Gasteiger charge is 2.24. The summed E-state index contributed by atoms with van der Waals surface area (Å²) in [5.74, 6) is -0.163. The molecule has 30 heavy (non-hydrogen) atoms. The second kappa shape index (κ2) is 20.2. The molecule has 0 aliphatic carbocycles. The zero-order valence-corrected chi connectivity index (χ0v) is 19.4. The predicted molar refractivity (Wildman–Crippen MR) is 131 cm³/mol. The second-order valence-corrected chi connectivity index (χ2v) is 7.58. The van der Waals surface area contributed by atoms with Gasteiger partial charge in [-0.25, -0.2) is 0 Å². The molecule has 2 N–H and O–H groups in total. The number of hydrogen-bond donors (Lipinski definition) is 2. The highest BCUT2D eigenvalue weighted by atomic mass is 16.3. The van der Waals surface area contributed by atoms with Crippen molar-refractivity contribution in [1.82, 2.24) is 5.32 Å². The second-order valence-electron chi connectivity index (χ2n) is 7.58. The molecule has 1 amide bonds. The van der Waals surface area contributed by atoms with Crippen molar-refractivity contribution in [3.05, 3.63) is 72.9 Å². The number of hydrogen-bond acceptors (Lipinski definition) is 2. The first-order valence-corrected chi connectivity index (χ1v) is 11.6. The molecule has 0 aliphatic rings. The van der Waals surface area contributed by atoms with E-state index in [1.54, 1.807) is 6.08 Å². The van der Waals surface area contributed by atoms with E-state index in [0.29, 0.717) is 19.4 Å². The summed E-state index contributed by atoms with van der Waals surface area (Å²) in [4.78, 5) is 11.9.